The molecule has 2 N–H and O–H groups in total. The first-order valence-electron chi connectivity index (χ1n) is 9.82. The molecule has 1 amide bonds. The summed E-state index contributed by atoms with van der Waals surface area (Å²) in [4.78, 5) is 18.9. The zero-order valence-corrected chi connectivity index (χ0v) is 15.1. The number of hydrogen-bond donors (Lipinski definition) is 2. The van der Waals surface area contributed by atoms with E-state index in [0.29, 0.717) is 23.1 Å². The van der Waals surface area contributed by atoms with Crippen LogP contribution in [0.15, 0.2) is 12.3 Å². The van der Waals surface area contributed by atoms with Crippen molar-refractivity contribution in [3.63, 3.8) is 0 Å². The fourth-order valence-corrected chi connectivity index (χ4v) is 5.40. The molecule has 1 atom stereocenters. The monoisotopic (exact) mass is 343 g/mol. The minimum atomic E-state index is -0.482. The van der Waals surface area contributed by atoms with E-state index in [2.05, 4.69) is 16.8 Å². The van der Waals surface area contributed by atoms with E-state index in [1.54, 1.807) is 11.7 Å². The molecule has 25 heavy (non-hydrogen) atoms. The van der Waals surface area contributed by atoms with Crippen LogP contribution in [-0.4, -0.2) is 33.1 Å². The molecule has 2 aliphatic carbocycles. The van der Waals surface area contributed by atoms with Crippen LogP contribution in [0.5, 0.6) is 0 Å². The fourth-order valence-electron chi connectivity index (χ4n) is 5.40. The maximum absolute atomic E-state index is 11.7. The molecule has 0 radical (unpaired) electrons. The van der Waals surface area contributed by atoms with Gasteiger partial charge in [-0.3, -0.25) is 19.9 Å². The molecule has 0 aromatic carbocycles. The molecule has 2 heterocycles. The molecule has 136 valence electrons. The van der Waals surface area contributed by atoms with Gasteiger partial charge in [0.25, 0.3) is 5.91 Å². The number of hydrogen-bond acceptors (Lipinski definition) is 4. The molecular formula is C20H29N3O2. The summed E-state index contributed by atoms with van der Waals surface area (Å²) in [5.74, 6) is -0.482. The lowest BCUT2D eigenvalue weighted by atomic mass is 9.57. The topological polar surface area (TPSA) is 65.5 Å². The Morgan fingerprint density at radius 1 is 1.36 bits per heavy atom. The van der Waals surface area contributed by atoms with Crippen molar-refractivity contribution in [1.29, 1.82) is 0 Å². The summed E-state index contributed by atoms with van der Waals surface area (Å²) in [5, 5.41) is 8.86. The Morgan fingerprint density at radius 2 is 2.12 bits per heavy atom. The number of carbonyl (C=O) groups excluding carboxylic acids is 1. The van der Waals surface area contributed by atoms with Gasteiger partial charge in [0.05, 0.1) is 5.56 Å². The van der Waals surface area contributed by atoms with E-state index >= 15 is 0 Å². The van der Waals surface area contributed by atoms with E-state index in [4.69, 9.17) is 5.21 Å². The first-order valence-corrected chi connectivity index (χ1v) is 9.82. The van der Waals surface area contributed by atoms with Gasteiger partial charge in [0, 0.05) is 36.9 Å². The Kier molecular flexibility index (Phi) is 4.54. The van der Waals surface area contributed by atoms with Crippen LogP contribution in [0.4, 0.5) is 0 Å². The van der Waals surface area contributed by atoms with E-state index in [1.165, 1.54) is 44.9 Å². The molecule has 0 unspecified atom stereocenters. The predicted octanol–water partition coefficient (Wildman–Crippen LogP) is 3.45. The molecule has 5 heteroatoms. The van der Waals surface area contributed by atoms with Crippen molar-refractivity contribution in [2.75, 3.05) is 0 Å². The van der Waals surface area contributed by atoms with Crippen molar-refractivity contribution >= 4 is 5.91 Å². The maximum atomic E-state index is 11.7. The van der Waals surface area contributed by atoms with Gasteiger partial charge in [-0.1, -0.05) is 26.2 Å². The zero-order chi connectivity index (χ0) is 17.4. The summed E-state index contributed by atoms with van der Waals surface area (Å²) in [6.07, 6.45) is 13.5. The predicted molar refractivity (Wildman–Crippen MR) is 95.4 cm³/mol. The van der Waals surface area contributed by atoms with Gasteiger partial charge in [-0.05, 0) is 49.1 Å². The third-order valence-electron chi connectivity index (χ3n) is 6.87. The first kappa shape index (κ1) is 17.0. The number of rotatable bonds is 3. The average Bonchev–Trinajstić information content (AvgIpc) is 2.64. The lowest BCUT2D eigenvalue weighted by Gasteiger charge is -2.56. The highest BCUT2D eigenvalue weighted by molar-refractivity contribution is 5.93. The molecule has 1 spiro atoms. The van der Waals surface area contributed by atoms with E-state index in [1.807, 2.05) is 6.07 Å². The van der Waals surface area contributed by atoms with Crippen molar-refractivity contribution in [2.24, 2.45) is 5.41 Å². The lowest BCUT2D eigenvalue weighted by molar-refractivity contribution is -0.0512. The smallest absolute Gasteiger partial charge is 0.276 e. The molecule has 2 saturated carbocycles. The molecule has 3 aliphatic rings. The van der Waals surface area contributed by atoms with E-state index in [0.717, 1.165) is 30.6 Å². The number of pyridine rings is 1. The van der Waals surface area contributed by atoms with Crippen LogP contribution in [0.25, 0.3) is 0 Å². The van der Waals surface area contributed by atoms with Gasteiger partial charge in [0.15, 0.2) is 0 Å². The average molecular weight is 343 g/mol. The molecule has 1 aliphatic heterocycles. The molecule has 1 aromatic rings. The van der Waals surface area contributed by atoms with E-state index < -0.39 is 5.91 Å². The van der Waals surface area contributed by atoms with Crippen LogP contribution in [0, 0.1) is 5.41 Å². The molecule has 1 aromatic heterocycles. The Morgan fingerprint density at radius 3 is 2.80 bits per heavy atom. The number of hydroxylamine groups is 1. The quantitative estimate of drug-likeness (QED) is 0.652. The molecule has 2 fully saturated rings. The minimum absolute atomic E-state index is 0.438. The standard InChI is InChI=1S/C20H29N3O2/c1-2-16-9-18-15(8-14(12-21-18)19(24)22-25)13-23(16)17-10-20(11-17)6-4-3-5-7-20/h8,12,16-17,25H,2-7,9-11,13H2,1H3,(H,22,24)/t16-/m0/s1. The number of aromatic nitrogens is 1. The van der Waals surface area contributed by atoms with Crippen molar-refractivity contribution in [3.05, 3.63) is 29.1 Å². The van der Waals surface area contributed by atoms with Crippen molar-refractivity contribution in [3.8, 4) is 0 Å². The number of nitrogens with one attached hydrogen (secondary N) is 1. The summed E-state index contributed by atoms with van der Waals surface area (Å²) in [5.41, 5.74) is 5.05. The second kappa shape index (κ2) is 6.69. The third kappa shape index (κ3) is 3.08. The van der Waals surface area contributed by atoms with Gasteiger partial charge in [-0.15, -0.1) is 0 Å². The van der Waals surface area contributed by atoms with Crippen LogP contribution in [0.2, 0.25) is 0 Å². The van der Waals surface area contributed by atoms with E-state index in [-0.39, 0.29) is 0 Å². The van der Waals surface area contributed by atoms with Gasteiger partial charge in [0.1, 0.15) is 0 Å². The molecule has 4 rings (SSSR count). The van der Waals surface area contributed by atoms with Crippen LogP contribution >= 0.6 is 0 Å². The van der Waals surface area contributed by atoms with Crippen LogP contribution in [0.1, 0.15) is 79.9 Å². The Bertz CT molecular complexity index is 646. The highest BCUT2D eigenvalue weighted by Crippen LogP contribution is 2.54. The summed E-state index contributed by atoms with van der Waals surface area (Å²) in [6, 6.07) is 3.15. The fraction of sp³-hybridized carbons (Fsp3) is 0.700. The van der Waals surface area contributed by atoms with Gasteiger partial charge in [-0.25, -0.2) is 5.48 Å². The summed E-state index contributed by atoms with van der Waals surface area (Å²) < 4.78 is 0. The third-order valence-corrected chi connectivity index (χ3v) is 6.87. The zero-order valence-electron chi connectivity index (χ0n) is 15.1. The highest BCUT2D eigenvalue weighted by Gasteiger charge is 2.48. The minimum Gasteiger partial charge on any atom is -0.293 e. The maximum Gasteiger partial charge on any atom is 0.276 e. The number of carbonyl (C=O) groups is 1. The Hall–Kier alpha value is -1.46. The lowest BCUT2D eigenvalue weighted by Crippen LogP contribution is -2.56. The summed E-state index contributed by atoms with van der Waals surface area (Å²) in [6.45, 7) is 3.15. The van der Waals surface area contributed by atoms with Crippen molar-refractivity contribution in [2.45, 2.75) is 83.3 Å². The molecule has 0 bridgehead atoms. The molecule has 0 saturated heterocycles. The Labute approximate surface area is 149 Å². The van der Waals surface area contributed by atoms with E-state index in [9.17, 15) is 4.79 Å². The number of fused-ring (bicyclic) bond motifs is 1. The Balaban J connectivity index is 1.51. The SMILES string of the molecule is CC[C@H]1Cc2ncc(C(=O)NO)cc2CN1C1CC2(CCCCC2)C1. The van der Waals surface area contributed by atoms with Gasteiger partial charge in [-0.2, -0.15) is 0 Å². The van der Waals surface area contributed by atoms with Crippen molar-refractivity contribution < 1.29 is 10.0 Å². The highest BCUT2D eigenvalue weighted by atomic mass is 16.5. The number of amides is 1. The summed E-state index contributed by atoms with van der Waals surface area (Å²) >= 11 is 0. The van der Waals surface area contributed by atoms with Crippen LogP contribution < -0.4 is 5.48 Å². The van der Waals surface area contributed by atoms with Gasteiger partial charge < -0.3 is 0 Å². The van der Waals surface area contributed by atoms with Gasteiger partial charge in [0.2, 0.25) is 0 Å². The second-order valence-electron chi connectivity index (χ2n) is 8.33. The second-order valence-corrected chi connectivity index (χ2v) is 8.33. The van der Waals surface area contributed by atoms with Gasteiger partial charge >= 0.3 is 0 Å². The first-order chi connectivity index (χ1) is 12.1. The van der Waals surface area contributed by atoms with Crippen molar-refractivity contribution in [1.82, 2.24) is 15.4 Å². The molecule has 5 nitrogen and oxygen atoms in total. The summed E-state index contributed by atoms with van der Waals surface area (Å²) in [7, 11) is 0. The largest absolute Gasteiger partial charge is 0.293 e. The molecular weight excluding hydrogens is 314 g/mol. The normalized spacial score (nSPS) is 26.1. The number of nitrogens with zero attached hydrogens (tertiary/aromatic N) is 2. The van der Waals surface area contributed by atoms with Crippen LogP contribution in [-0.2, 0) is 13.0 Å². The van der Waals surface area contributed by atoms with Crippen LogP contribution in [0.3, 0.4) is 0 Å².